The van der Waals surface area contributed by atoms with E-state index in [1.807, 2.05) is 0 Å². The smallest absolute Gasteiger partial charge is 0.272 e. The van der Waals surface area contributed by atoms with E-state index < -0.39 is 11.6 Å². The Morgan fingerprint density at radius 1 is 1.40 bits per heavy atom. The fourth-order valence-electron chi connectivity index (χ4n) is 0.347. The first-order chi connectivity index (χ1) is 4.63. The molecule has 0 fully saturated rings. The number of primary amides is 1. The summed E-state index contributed by atoms with van der Waals surface area (Å²) in [7, 11) is 0. The van der Waals surface area contributed by atoms with Gasteiger partial charge in [0.1, 0.15) is 5.71 Å². The summed E-state index contributed by atoms with van der Waals surface area (Å²) < 4.78 is 0. The maximum atomic E-state index is 10.3. The van der Waals surface area contributed by atoms with Crippen molar-refractivity contribution in [3.05, 3.63) is 0 Å². The number of hydrogen-bond acceptors (Lipinski definition) is 5. The highest BCUT2D eigenvalue weighted by Gasteiger charge is 2.11. The summed E-state index contributed by atoms with van der Waals surface area (Å²) in [6.07, 6.45) is 0. The predicted octanol–water partition coefficient (Wildman–Crippen LogP) is -0.848. The minimum Gasteiger partial charge on any atom is -0.411 e. The first-order valence-electron chi connectivity index (χ1n) is 2.34. The van der Waals surface area contributed by atoms with Crippen molar-refractivity contribution in [3.8, 4) is 0 Å². The Balaban J connectivity index is 4.56. The van der Waals surface area contributed by atoms with E-state index >= 15 is 0 Å². The molecule has 0 aromatic heterocycles. The Kier molecular flexibility index (Phi) is 2.89. The van der Waals surface area contributed by atoms with Gasteiger partial charge in [-0.2, -0.15) is 0 Å². The van der Waals surface area contributed by atoms with Crippen molar-refractivity contribution in [3.63, 3.8) is 0 Å². The molecule has 1 amide bonds. The first kappa shape index (κ1) is 8.41. The van der Waals surface area contributed by atoms with E-state index in [1.165, 1.54) is 6.92 Å². The van der Waals surface area contributed by atoms with E-state index in [2.05, 4.69) is 10.3 Å². The molecule has 56 valence electrons. The van der Waals surface area contributed by atoms with Gasteiger partial charge in [0.05, 0.1) is 0 Å². The summed E-state index contributed by atoms with van der Waals surface area (Å²) in [6.45, 7) is 1.28. The SMILES string of the molecule is CC(=N\O)/C(=N/O)C(N)=O. The van der Waals surface area contributed by atoms with Crippen molar-refractivity contribution in [1.82, 2.24) is 0 Å². The average molecular weight is 145 g/mol. The molecule has 0 aliphatic rings. The first-order valence-corrected chi connectivity index (χ1v) is 2.34. The molecule has 0 rings (SSSR count). The van der Waals surface area contributed by atoms with Crippen LogP contribution in [0.5, 0.6) is 0 Å². The summed E-state index contributed by atoms with van der Waals surface area (Å²) >= 11 is 0. The van der Waals surface area contributed by atoms with Crippen LogP contribution in [0.2, 0.25) is 0 Å². The Morgan fingerprint density at radius 3 is 2.00 bits per heavy atom. The predicted molar refractivity (Wildman–Crippen MR) is 33.3 cm³/mol. The van der Waals surface area contributed by atoms with Crippen LogP contribution in [0, 0.1) is 0 Å². The van der Waals surface area contributed by atoms with Crippen molar-refractivity contribution in [2.75, 3.05) is 0 Å². The highest BCUT2D eigenvalue weighted by Crippen LogP contribution is 1.81. The van der Waals surface area contributed by atoms with Crippen LogP contribution in [0.3, 0.4) is 0 Å². The summed E-state index contributed by atoms with van der Waals surface area (Å²) in [6, 6.07) is 0. The Hall–Kier alpha value is -1.59. The summed E-state index contributed by atoms with van der Waals surface area (Å²) in [5.41, 5.74) is 4.12. The topological polar surface area (TPSA) is 108 Å². The van der Waals surface area contributed by atoms with Gasteiger partial charge in [0, 0.05) is 0 Å². The molecule has 0 heterocycles. The monoisotopic (exact) mass is 145 g/mol. The lowest BCUT2D eigenvalue weighted by molar-refractivity contribution is -0.111. The van der Waals surface area contributed by atoms with Gasteiger partial charge in [-0.15, -0.1) is 0 Å². The van der Waals surface area contributed by atoms with Gasteiger partial charge < -0.3 is 16.1 Å². The van der Waals surface area contributed by atoms with Crippen molar-refractivity contribution in [2.45, 2.75) is 6.92 Å². The Morgan fingerprint density at radius 2 is 1.90 bits per heavy atom. The number of nitrogens with two attached hydrogens (primary N) is 1. The van der Waals surface area contributed by atoms with Gasteiger partial charge in [-0.3, -0.25) is 4.79 Å². The fourth-order valence-corrected chi connectivity index (χ4v) is 0.347. The van der Waals surface area contributed by atoms with Crippen LogP contribution in [0.4, 0.5) is 0 Å². The van der Waals surface area contributed by atoms with Gasteiger partial charge in [-0.05, 0) is 6.92 Å². The molecule has 0 saturated heterocycles. The molecule has 0 aliphatic carbocycles. The molecule has 0 aromatic rings. The highest BCUT2D eigenvalue weighted by molar-refractivity contribution is 6.66. The third-order valence-electron chi connectivity index (χ3n) is 0.826. The molecule has 0 unspecified atom stereocenters. The van der Waals surface area contributed by atoms with Gasteiger partial charge in [-0.1, -0.05) is 10.3 Å². The number of hydrogen-bond donors (Lipinski definition) is 3. The van der Waals surface area contributed by atoms with Crippen LogP contribution < -0.4 is 5.73 Å². The lowest BCUT2D eigenvalue weighted by atomic mass is 10.2. The lowest BCUT2D eigenvalue weighted by Crippen LogP contribution is -2.29. The van der Waals surface area contributed by atoms with Crippen LogP contribution in [-0.2, 0) is 4.79 Å². The molecule has 0 aliphatic heterocycles. The molecular weight excluding hydrogens is 138 g/mol. The van der Waals surface area contributed by atoms with Gasteiger partial charge in [0.25, 0.3) is 5.91 Å². The van der Waals surface area contributed by atoms with Gasteiger partial charge in [0.2, 0.25) is 0 Å². The zero-order valence-electron chi connectivity index (χ0n) is 5.27. The molecular formula is C4H7N3O3. The molecule has 0 saturated carbocycles. The van der Waals surface area contributed by atoms with Crippen LogP contribution in [0.25, 0.3) is 0 Å². The minimum absolute atomic E-state index is 0.130. The zero-order valence-corrected chi connectivity index (χ0v) is 5.27. The molecule has 6 nitrogen and oxygen atoms in total. The van der Waals surface area contributed by atoms with E-state index in [0.717, 1.165) is 0 Å². The lowest BCUT2D eigenvalue weighted by Gasteiger charge is -1.93. The van der Waals surface area contributed by atoms with Crippen LogP contribution in [0.15, 0.2) is 10.3 Å². The second-order valence-electron chi connectivity index (χ2n) is 1.50. The largest absolute Gasteiger partial charge is 0.411 e. The van der Waals surface area contributed by atoms with Gasteiger partial charge >= 0.3 is 0 Å². The third-order valence-corrected chi connectivity index (χ3v) is 0.826. The number of carbonyl (C=O) groups is 1. The van der Waals surface area contributed by atoms with E-state index in [0.29, 0.717) is 0 Å². The summed E-state index contributed by atoms with van der Waals surface area (Å²) in [4.78, 5) is 10.3. The second kappa shape index (κ2) is 3.44. The van der Waals surface area contributed by atoms with Crippen LogP contribution >= 0.6 is 0 Å². The summed E-state index contributed by atoms with van der Waals surface area (Å²) in [5.74, 6) is -0.946. The van der Waals surface area contributed by atoms with E-state index in [1.54, 1.807) is 0 Å². The maximum absolute atomic E-state index is 10.3. The average Bonchev–Trinajstić information content (AvgIpc) is 1.88. The van der Waals surface area contributed by atoms with E-state index in [-0.39, 0.29) is 5.71 Å². The number of amides is 1. The molecule has 0 aromatic carbocycles. The molecule has 0 radical (unpaired) electrons. The summed E-state index contributed by atoms with van der Waals surface area (Å²) in [5, 5.41) is 21.3. The van der Waals surface area contributed by atoms with Crippen molar-refractivity contribution in [2.24, 2.45) is 16.0 Å². The van der Waals surface area contributed by atoms with E-state index in [4.69, 9.17) is 16.1 Å². The zero-order chi connectivity index (χ0) is 8.15. The molecule has 0 atom stereocenters. The molecule has 0 bridgehead atoms. The molecule has 6 heteroatoms. The van der Waals surface area contributed by atoms with Crippen molar-refractivity contribution < 1.29 is 15.2 Å². The quantitative estimate of drug-likeness (QED) is 0.267. The van der Waals surface area contributed by atoms with Gasteiger partial charge in [0.15, 0.2) is 5.71 Å². The van der Waals surface area contributed by atoms with Crippen LogP contribution in [-0.4, -0.2) is 27.7 Å². The van der Waals surface area contributed by atoms with Gasteiger partial charge in [-0.25, -0.2) is 0 Å². The van der Waals surface area contributed by atoms with E-state index in [9.17, 15) is 4.79 Å². The molecule has 0 spiro atoms. The number of nitrogens with zero attached hydrogens (tertiary/aromatic N) is 2. The molecule has 4 N–H and O–H groups in total. The van der Waals surface area contributed by atoms with Crippen molar-refractivity contribution >= 4 is 17.3 Å². The molecule has 10 heavy (non-hydrogen) atoms. The van der Waals surface area contributed by atoms with Crippen LogP contribution in [0.1, 0.15) is 6.92 Å². The number of oxime groups is 2. The standard InChI is InChI=1S/C4H7N3O3/c1-2(6-9)3(7-10)4(5)8/h9-10H,1H3,(H2,5,8)/b6-2+,7-3-. The Bertz CT molecular complexity index is 196. The Labute approximate surface area is 56.6 Å². The van der Waals surface area contributed by atoms with Crippen molar-refractivity contribution in [1.29, 1.82) is 0 Å². The highest BCUT2D eigenvalue weighted by atomic mass is 16.4. The number of rotatable bonds is 2. The minimum atomic E-state index is -0.946. The second-order valence-corrected chi connectivity index (χ2v) is 1.50. The maximum Gasteiger partial charge on any atom is 0.272 e. The number of carbonyl (C=O) groups excluding carboxylic acids is 1. The normalized spacial score (nSPS) is 13.3. The third kappa shape index (κ3) is 1.73. The fraction of sp³-hybridized carbons (Fsp3) is 0.250.